The van der Waals surface area contributed by atoms with Gasteiger partial charge in [-0.15, -0.1) is 11.6 Å². The summed E-state index contributed by atoms with van der Waals surface area (Å²) in [6, 6.07) is 0. The number of carbonyl (C=O) groups excluding carboxylic acids is 2. The van der Waals surface area contributed by atoms with Gasteiger partial charge in [0.25, 0.3) is 0 Å². The van der Waals surface area contributed by atoms with Crippen molar-refractivity contribution in [3.63, 3.8) is 0 Å². The van der Waals surface area contributed by atoms with Crippen molar-refractivity contribution in [1.29, 1.82) is 0 Å². The summed E-state index contributed by atoms with van der Waals surface area (Å²) in [7, 11) is -3.12. The molecule has 1 saturated heterocycles. The van der Waals surface area contributed by atoms with Crippen molar-refractivity contribution in [2.75, 3.05) is 24.0 Å². The minimum absolute atomic E-state index is 0.00534. The first-order valence-corrected chi connectivity index (χ1v) is 7.95. The smallest absolute Gasteiger partial charge is 0.364 e. The van der Waals surface area contributed by atoms with E-state index in [0.29, 0.717) is 0 Å². The Labute approximate surface area is 115 Å². The quantitative estimate of drug-likeness (QED) is 0.224. The van der Waals surface area contributed by atoms with E-state index in [4.69, 9.17) is 16.4 Å². The van der Waals surface area contributed by atoms with Gasteiger partial charge in [-0.1, -0.05) is 5.16 Å². The SMILES string of the molecule is CCOC(=O)/C(=N/OC1CCS(=O)(=O)C1)C(=O)CCl. The molecular weight excluding hydrogens is 298 g/mol. The Bertz CT molecular complexity index is 486. The molecule has 0 radical (unpaired) electrons. The van der Waals surface area contributed by atoms with Crippen molar-refractivity contribution in [2.24, 2.45) is 5.16 Å². The van der Waals surface area contributed by atoms with Crippen LogP contribution in [0.4, 0.5) is 0 Å². The highest BCUT2D eigenvalue weighted by molar-refractivity contribution is 7.91. The van der Waals surface area contributed by atoms with Gasteiger partial charge in [-0.05, 0) is 6.92 Å². The van der Waals surface area contributed by atoms with E-state index in [2.05, 4.69) is 9.89 Å². The number of hydrogen-bond acceptors (Lipinski definition) is 7. The summed E-state index contributed by atoms with van der Waals surface area (Å²) in [5, 5.41) is 3.40. The zero-order valence-corrected chi connectivity index (χ0v) is 11.9. The molecule has 0 aromatic carbocycles. The lowest BCUT2D eigenvalue weighted by Crippen LogP contribution is -2.28. The third kappa shape index (κ3) is 4.79. The van der Waals surface area contributed by atoms with E-state index in [1.54, 1.807) is 6.92 Å². The number of Topliss-reactive ketones (excluding diaryl/α,β-unsaturated/α-hetero) is 1. The van der Waals surface area contributed by atoms with Crippen molar-refractivity contribution in [3.05, 3.63) is 0 Å². The molecule has 1 atom stereocenters. The molecule has 0 bridgehead atoms. The number of alkyl halides is 1. The molecule has 0 aliphatic carbocycles. The Morgan fingerprint density at radius 3 is 2.58 bits per heavy atom. The highest BCUT2D eigenvalue weighted by Gasteiger charge is 2.30. The average molecular weight is 312 g/mol. The molecule has 108 valence electrons. The van der Waals surface area contributed by atoms with Crippen LogP contribution in [0.3, 0.4) is 0 Å². The summed E-state index contributed by atoms with van der Waals surface area (Å²) in [6.45, 7) is 1.65. The molecule has 1 unspecified atom stereocenters. The molecule has 7 nitrogen and oxygen atoms in total. The molecule has 1 aliphatic rings. The second-order valence-electron chi connectivity index (χ2n) is 3.85. The van der Waals surface area contributed by atoms with Gasteiger partial charge in [0, 0.05) is 6.42 Å². The molecule has 0 aromatic rings. The number of halogens is 1. The zero-order chi connectivity index (χ0) is 14.5. The lowest BCUT2D eigenvalue weighted by atomic mass is 10.3. The van der Waals surface area contributed by atoms with Crippen LogP contribution in [0.5, 0.6) is 0 Å². The monoisotopic (exact) mass is 311 g/mol. The fraction of sp³-hybridized carbons (Fsp3) is 0.700. The molecule has 0 amide bonds. The molecular formula is C10H14ClNO6S. The van der Waals surface area contributed by atoms with Gasteiger partial charge < -0.3 is 9.57 Å². The van der Waals surface area contributed by atoms with Gasteiger partial charge in [0.05, 0.1) is 24.0 Å². The fourth-order valence-electron chi connectivity index (χ4n) is 1.44. The molecule has 1 fully saturated rings. The highest BCUT2D eigenvalue weighted by atomic mass is 35.5. The van der Waals surface area contributed by atoms with Crippen molar-refractivity contribution in [2.45, 2.75) is 19.4 Å². The first-order valence-electron chi connectivity index (χ1n) is 5.60. The van der Waals surface area contributed by atoms with Crippen molar-refractivity contribution in [1.82, 2.24) is 0 Å². The third-order valence-corrected chi connectivity index (χ3v) is 4.32. The van der Waals surface area contributed by atoms with Crippen molar-refractivity contribution >= 4 is 38.9 Å². The van der Waals surface area contributed by atoms with E-state index in [0.717, 1.165) is 0 Å². The summed E-state index contributed by atoms with van der Waals surface area (Å²) in [5.41, 5.74) is -0.554. The summed E-state index contributed by atoms with van der Waals surface area (Å²) in [6.07, 6.45) is -0.380. The molecule has 1 heterocycles. The number of oxime groups is 1. The second kappa shape index (κ2) is 6.85. The van der Waals surface area contributed by atoms with Crippen LogP contribution in [0.2, 0.25) is 0 Å². The van der Waals surface area contributed by atoms with Crippen LogP contribution in [0.25, 0.3) is 0 Å². The molecule has 9 heteroatoms. The van der Waals surface area contributed by atoms with Crippen LogP contribution in [-0.4, -0.2) is 56.0 Å². The van der Waals surface area contributed by atoms with Crippen LogP contribution >= 0.6 is 11.6 Å². The van der Waals surface area contributed by atoms with Crippen molar-refractivity contribution in [3.8, 4) is 0 Å². The maximum absolute atomic E-state index is 11.4. The van der Waals surface area contributed by atoms with Crippen LogP contribution in [0.15, 0.2) is 5.16 Å². The van der Waals surface area contributed by atoms with E-state index in [-0.39, 0.29) is 24.5 Å². The van der Waals surface area contributed by atoms with E-state index in [1.807, 2.05) is 0 Å². The van der Waals surface area contributed by atoms with Gasteiger partial charge in [0.15, 0.2) is 9.84 Å². The minimum atomic E-state index is -3.12. The number of nitrogens with zero attached hydrogens (tertiary/aromatic N) is 1. The van der Waals surface area contributed by atoms with Gasteiger partial charge in [0.2, 0.25) is 11.5 Å². The van der Waals surface area contributed by atoms with Crippen molar-refractivity contribution < 1.29 is 27.6 Å². The van der Waals surface area contributed by atoms with Crippen LogP contribution < -0.4 is 0 Å². The lowest BCUT2D eigenvalue weighted by molar-refractivity contribution is -0.136. The Balaban J connectivity index is 2.73. The third-order valence-electron chi connectivity index (χ3n) is 2.34. The maximum atomic E-state index is 11.4. The first-order chi connectivity index (χ1) is 8.89. The number of rotatable bonds is 6. The summed E-state index contributed by atoms with van der Waals surface area (Å²) >= 11 is 5.34. The van der Waals surface area contributed by atoms with Gasteiger partial charge in [-0.2, -0.15) is 0 Å². The predicted octanol–water partition coefficient (Wildman–Crippen LogP) is -0.0829. The molecule has 0 saturated carbocycles. The minimum Gasteiger partial charge on any atom is -0.461 e. The van der Waals surface area contributed by atoms with Gasteiger partial charge in [-0.25, -0.2) is 13.2 Å². The van der Waals surface area contributed by atoms with Gasteiger partial charge >= 0.3 is 5.97 Å². The Morgan fingerprint density at radius 1 is 1.42 bits per heavy atom. The van der Waals surface area contributed by atoms with Gasteiger partial charge in [0.1, 0.15) is 6.10 Å². The Morgan fingerprint density at radius 2 is 2.11 bits per heavy atom. The predicted molar refractivity (Wildman–Crippen MR) is 67.9 cm³/mol. The topological polar surface area (TPSA) is 99.1 Å². The summed E-state index contributed by atoms with van der Waals surface area (Å²) in [4.78, 5) is 27.8. The standard InChI is InChI=1S/C10H14ClNO6S/c1-2-17-10(14)9(8(13)5-11)12-18-7-3-4-19(15,16)6-7/h7H,2-6H2,1H3/b12-9+. The molecule has 1 aliphatic heterocycles. The second-order valence-corrected chi connectivity index (χ2v) is 6.34. The number of sulfone groups is 1. The largest absolute Gasteiger partial charge is 0.461 e. The first kappa shape index (κ1) is 15.9. The number of carbonyl (C=O) groups is 2. The molecule has 0 aromatic heterocycles. The van der Waals surface area contributed by atoms with Crippen LogP contribution in [0.1, 0.15) is 13.3 Å². The van der Waals surface area contributed by atoms with E-state index in [1.165, 1.54) is 0 Å². The summed E-state index contributed by atoms with van der Waals surface area (Å²) in [5.74, 6) is -2.29. The van der Waals surface area contributed by atoms with E-state index < -0.39 is 39.3 Å². The Kier molecular flexibility index (Phi) is 5.74. The summed E-state index contributed by atoms with van der Waals surface area (Å²) < 4.78 is 27.0. The average Bonchev–Trinajstić information content (AvgIpc) is 2.69. The number of esters is 1. The van der Waals surface area contributed by atoms with Gasteiger partial charge in [-0.3, -0.25) is 4.79 Å². The molecule has 0 N–H and O–H groups in total. The maximum Gasteiger partial charge on any atom is 0.364 e. The molecule has 1 rings (SSSR count). The lowest BCUT2D eigenvalue weighted by Gasteiger charge is -2.07. The molecule has 19 heavy (non-hydrogen) atoms. The van der Waals surface area contributed by atoms with E-state index in [9.17, 15) is 18.0 Å². The number of ether oxygens (including phenoxy) is 1. The number of ketones is 1. The number of hydrogen-bond donors (Lipinski definition) is 0. The molecule has 0 spiro atoms. The fourth-order valence-corrected chi connectivity index (χ4v) is 3.15. The van der Waals surface area contributed by atoms with Crippen LogP contribution in [0, 0.1) is 0 Å². The van der Waals surface area contributed by atoms with Crippen LogP contribution in [-0.2, 0) is 29.0 Å². The Hall–Kier alpha value is -1.15. The van der Waals surface area contributed by atoms with E-state index >= 15 is 0 Å². The normalized spacial score (nSPS) is 22.0. The zero-order valence-electron chi connectivity index (χ0n) is 10.3. The highest BCUT2D eigenvalue weighted by Crippen LogP contribution is 2.15.